The Labute approximate surface area is 120 Å². The van der Waals surface area contributed by atoms with E-state index in [9.17, 15) is 0 Å². The molecule has 4 aromatic rings. The molecule has 0 aliphatic rings. The maximum Gasteiger partial charge on any atom is 0.206 e. The topological polar surface area (TPSA) is 71.4 Å². The Morgan fingerprint density at radius 1 is 1.00 bits per heavy atom. The lowest BCUT2D eigenvalue weighted by Crippen LogP contribution is -1.99. The van der Waals surface area contributed by atoms with Crippen LogP contribution < -0.4 is 5.32 Å². The van der Waals surface area contributed by atoms with Crippen LogP contribution in [-0.2, 0) is 0 Å². The fourth-order valence-electron chi connectivity index (χ4n) is 2.16. The van der Waals surface area contributed by atoms with E-state index in [2.05, 4.69) is 25.3 Å². The monoisotopic (exact) mass is 276 g/mol. The maximum absolute atomic E-state index is 4.53. The van der Waals surface area contributed by atoms with Crippen molar-refractivity contribution in [1.82, 2.24) is 24.5 Å². The van der Waals surface area contributed by atoms with Crippen LogP contribution >= 0.6 is 0 Å². The molecule has 0 bridgehead atoms. The van der Waals surface area contributed by atoms with Crippen molar-refractivity contribution in [3.63, 3.8) is 0 Å². The first-order valence-electron chi connectivity index (χ1n) is 6.56. The van der Waals surface area contributed by atoms with Crippen molar-refractivity contribution in [2.24, 2.45) is 0 Å². The molecule has 0 radical (unpaired) electrons. The zero-order valence-electron chi connectivity index (χ0n) is 11.1. The number of anilines is 2. The number of aromatic nitrogens is 5. The molecular weight excluding hydrogens is 264 g/mol. The highest BCUT2D eigenvalue weighted by molar-refractivity contribution is 5.78. The number of benzene rings is 1. The number of nitrogens with zero attached hydrogens (tertiary/aromatic N) is 4. The maximum atomic E-state index is 4.53. The van der Waals surface area contributed by atoms with E-state index < -0.39 is 0 Å². The molecule has 2 N–H and O–H groups in total. The third-order valence-electron chi connectivity index (χ3n) is 3.14. The zero-order chi connectivity index (χ0) is 14.1. The van der Waals surface area contributed by atoms with Crippen LogP contribution in [0, 0.1) is 0 Å². The number of imidazole rings is 2. The molecule has 0 atom stereocenters. The number of para-hydroxylation sites is 2. The van der Waals surface area contributed by atoms with Crippen LogP contribution in [-0.4, -0.2) is 24.5 Å². The van der Waals surface area contributed by atoms with Gasteiger partial charge in [0.1, 0.15) is 18.0 Å². The minimum absolute atomic E-state index is 0.673. The summed E-state index contributed by atoms with van der Waals surface area (Å²) in [5.74, 6) is 2.19. The van der Waals surface area contributed by atoms with Gasteiger partial charge in [-0.15, -0.1) is 0 Å². The van der Waals surface area contributed by atoms with Crippen LogP contribution in [0.25, 0.3) is 16.9 Å². The van der Waals surface area contributed by atoms with Gasteiger partial charge in [0.2, 0.25) is 5.95 Å². The van der Waals surface area contributed by atoms with E-state index in [0.717, 1.165) is 22.7 Å². The summed E-state index contributed by atoms with van der Waals surface area (Å²) >= 11 is 0. The number of pyridine rings is 1. The minimum Gasteiger partial charge on any atom is -0.324 e. The molecule has 0 fully saturated rings. The van der Waals surface area contributed by atoms with Gasteiger partial charge in [0, 0.05) is 12.4 Å². The highest BCUT2D eigenvalue weighted by Crippen LogP contribution is 2.17. The predicted molar refractivity (Wildman–Crippen MR) is 80.7 cm³/mol. The van der Waals surface area contributed by atoms with Crippen molar-refractivity contribution < 1.29 is 0 Å². The Morgan fingerprint density at radius 3 is 2.81 bits per heavy atom. The molecule has 0 amide bonds. The molecule has 3 aromatic heterocycles. The molecule has 0 aliphatic heterocycles. The zero-order valence-corrected chi connectivity index (χ0v) is 11.1. The van der Waals surface area contributed by atoms with Crippen LogP contribution in [0.5, 0.6) is 0 Å². The van der Waals surface area contributed by atoms with E-state index >= 15 is 0 Å². The lowest BCUT2D eigenvalue weighted by molar-refractivity contribution is 0.994. The van der Waals surface area contributed by atoms with Gasteiger partial charge in [-0.25, -0.2) is 15.0 Å². The van der Waals surface area contributed by atoms with Gasteiger partial charge < -0.3 is 10.3 Å². The largest absolute Gasteiger partial charge is 0.324 e. The molecular formula is C15H12N6. The number of aromatic amines is 1. The third kappa shape index (κ3) is 2.23. The van der Waals surface area contributed by atoms with Crippen molar-refractivity contribution in [2.75, 3.05) is 5.32 Å². The van der Waals surface area contributed by atoms with Crippen molar-refractivity contribution >= 4 is 22.8 Å². The first-order valence-corrected chi connectivity index (χ1v) is 6.56. The Kier molecular flexibility index (Phi) is 2.64. The summed E-state index contributed by atoms with van der Waals surface area (Å²) in [5, 5.41) is 3.18. The van der Waals surface area contributed by atoms with Gasteiger partial charge in [0.15, 0.2) is 0 Å². The lowest BCUT2D eigenvalue weighted by Gasteiger charge is -2.05. The second-order valence-corrected chi connectivity index (χ2v) is 4.58. The molecule has 3 heterocycles. The Bertz CT molecular complexity index is 845. The van der Waals surface area contributed by atoms with Crippen LogP contribution in [0.3, 0.4) is 0 Å². The summed E-state index contributed by atoms with van der Waals surface area (Å²) in [6, 6.07) is 13.6. The SMILES string of the molecule is c1cc(Nc2nc3ccccc3[nH]2)nc(-n2ccnc2)c1. The molecule has 0 aliphatic carbocycles. The Morgan fingerprint density at radius 2 is 1.95 bits per heavy atom. The number of H-pyrrole nitrogens is 1. The quantitative estimate of drug-likeness (QED) is 0.603. The summed E-state index contributed by atoms with van der Waals surface area (Å²) in [6.45, 7) is 0. The molecule has 102 valence electrons. The molecule has 0 saturated carbocycles. The van der Waals surface area contributed by atoms with Gasteiger partial charge in [-0.05, 0) is 24.3 Å². The average Bonchev–Trinajstić information content (AvgIpc) is 3.16. The first-order chi connectivity index (χ1) is 10.4. The van der Waals surface area contributed by atoms with Crippen LogP contribution in [0.4, 0.5) is 11.8 Å². The third-order valence-corrected chi connectivity index (χ3v) is 3.14. The molecule has 0 spiro atoms. The van der Waals surface area contributed by atoms with E-state index in [1.54, 1.807) is 12.5 Å². The minimum atomic E-state index is 0.673. The van der Waals surface area contributed by atoms with E-state index in [4.69, 9.17) is 0 Å². The van der Waals surface area contributed by atoms with Gasteiger partial charge in [-0.3, -0.25) is 4.57 Å². The van der Waals surface area contributed by atoms with Gasteiger partial charge in [0.25, 0.3) is 0 Å². The van der Waals surface area contributed by atoms with Crippen LogP contribution in [0.1, 0.15) is 0 Å². The van der Waals surface area contributed by atoms with Gasteiger partial charge >= 0.3 is 0 Å². The predicted octanol–water partition coefficient (Wildman–Crippen LogP) is 2.89. The number of fused-ring (bicyclic) bond motifs is 1. The number of hydrogen-bond donors (Lipinski definition) is 2. The van der Waals surface area contributed by atoms with Crippen LogP contribution in [0.15, 0.2) is 61.2 Å². The average molecular weight is 276 g/mol. The molecule has 6 nitrogen and oxygen atoms in total. The molecule has 0 saturated heterocycles. The van der Waals surface area contributed by atoms with Gasteiger partial charge in [-0.1, -0.05) is 18.2 Å². The summed E-state index contributed by atoms with van der Waals surface area (Å²) in [7, 11) is 0. The number of hydrogen-bond acceptors (Lipinski definition) is 4. The summed E-state index contributed by atoms with van der Waals surface area (Å²) < 4.78 is 1.85. The Hall–Kier alpha value is -3.15. The highest BCUT2D eigenvalue weighted by Gasteiger charge is 2.04. The van der Waals surface area contributed by atoms with E-state index in [1.165, 1.54) is 0 Å². The van der Waals surface area contributed by atoms with E-state index in [0.29, 0.717) is 5.95 Å². The number of nitrogens with one attached hydrogen (secondary N) is 2. The Balaban J connectivity index is 1.66. The van der Waals surface area contributed by atoms with Crippen molar-refractivity contribution in [3.05, 3.63) is 61.2 Å². The fourth-order valence-corrected chi connectivity index (χ4v) is 2.16. The second-order valence-electron chi connectivity index (χ2n) is 4.58. The van der Waals surface area contributed by atoms with Crippen molar-refractivity contribution in [2.45, 2.75) is 0 Å². The van der Waals surface area contributed by atoms with Gasteiger partial charge in [0.05, 0.1) is 11.0 Å². The van der Waals surface area contributed by atoms with E-state index in [-0.39, 0.29) is 0 Å². The molecule has 1 aromatic carbocycles. The van der Waals surface area contributed by atoms with Gasteiger partial charge in [-0.2, -0.15) is 0 Å². The molecule has 6 heteroatoms. The van der Waals surface area contributed by atoms with E-state index in [1.807, 2.05) is 53.2 Å². The normalized spacial score (nSPS) is 10.9. The number of rotatable bonds is 3. The van der Waals surface area contributed by atoms with Crippen molar-refractivity contribution in [3.8, 4) is 5.82 Å². The van der Waals surface area contributed by atoms with Crippen LogP contribution in [0.2, 0.25) is 0 Å². The smallest absolute Gasteiger partial charge is 0.206 e. The summed E-state index contributed by atoms with van der Waals surface area (Å²) in [5.41, 5.74) is 1.91. The first kappa shape index (κ1) is 11.7. The lowest BCUT2D eigenvalue weighted by atomic mass is 10.3. The standard InChI is InChI=1S/C15H12N6/c1-2-5-12-11(4-1)17-15(18-12)20-13-6-3-7-14(19-13)21-9-8-16-10-21/h1-10H,(H2,17,18,19,20). The highest BCUT2D eigenvalue weighted by atomic mass is 15.2. The van der Waals surface area contributed by atoms with Crippen molar-refractivity contribution in [1.29, 1.82) is 0 Å². The molecule has 0 unspecified atom stereocenters. The molecule has 4 rings (SSSR count). The fraction of sp³-hybridized carbons (Fsp3) is 0. The summed E-state index contributed by atoms with van der Waals surface area (Å²) in [4.78, 5) is 16.2. The summed E-state index contributed by atoms with van der Waals surface area (Å²) in [6.07, 6.45) is 5.29. The molecule has 21 heavy (non-hydrogen) atoms. The second kappa shape index (κ2) is 4.75.